The first-order chi connectivity index (χ1) is 15.2. The standard InChI is InChI=1S/C24H30O7/c1-25-11-16-8-15-10-20(29-5)23-24(31-13-30-23)22(15)21(17(16)12-26-2)14-6-7-18(27-3)19(9-14)28-4/h6-7,9-10,16-17,21H,8,11-13H2,1-5H3/t16-,17-,21+/m1/s1. The van der Waals surface area contributed by atoms with Gasteiger partial charge in [0.15, 0.2) is 23.0 Å². The maximum absolute atomic E-state index is 5.98. The summed E-state index contributed by atoms with van der Waals surface area (Å²) in [7, 11) is 8.42. The van der Waals surface area contributed by atoms with Gasteiger partial charge in [0.05, 0.1) is 27.9 Å². The molecule has 1 heterocycles. The van der Waals surface area contributed by atoms with E-state index in [0.717, 1.165) is 23.3 Å². The van der Waals surface area contributed by atoms with Crippen LogP contribution in [-0.2, 0) is 15.9 Å². The van der Waals surface area contributed by atoms with Crippen molar-refractivity contribution in [3.8, 4) is 28.7 Å². The van der Waals surface area contributed by atoms with Crippen molar-refractivity contribution < 1.29 is 33.2 Å². The Kier molecular flexibility index (Phi) is 6.43. The van der Waals surface area contributed by atoms with Crippen LogP contribution in [0.5, 0.6) is 28.7 Å². The molecule has 1 aliphatic heterocycles. The molecule has 0 aromatic heterocycles. The molecule has 7 nitrogen and oxygen atoms in total. The molecule has 4 rings (SSSR count). The first kappa shape index (κ1) is 21.6. The van der Waals surface area contributed by atoms with E-state index in [4.69, 9.17) is 33.2 Å². The van der Waals surface area contributed by atoms with Crippen LogP contribution in [0, 0.1) is 11.8 Å². The molecule has 2 aliphatic rings. The highest BCUT2D eigenvalue weighted by Gasteiger charge is 2.42. The highest BCUT2D eigenvalue weighted by molar-refractivity contribution is 5.64. The van der Waals surface area contributed by atoms with Gasteiger partial charge in [-0.2, -0.15) is 0 Å². The van der Waals surface area contributed by atoms with E-state index in [-0.39, 0.29) is 24.5 Å². The summed E-state index contributed by atoms with van der Waals surface area (Å²) >= 11 is 0. The predicted octanol–water partition coefficient (Wildman–Crippen LogP) is 3.65. The van der Waals surface area contributed by atoms with Crippen molar-refractivity contribution in [3.05, 3.63) is 41.0 Å². The van der Waals surface area contributed by atoms with Crippen LogP contribution in [0.15, 0.2) is 24.3 Å². The van der Waals surface area contributed by atoms with E-state index in [1.54, 1.807) is 35.5 Å². The summed E-state index contributed by atoms with van der Waals surface area (Å²) < 4.78 is 39.7. The van der Waals surface area contributed by atoms with Crippen LogP contribution in [0.2, 0.25) is 0 Å². The van der Waals surface area contributed by atoms with Crippen LogP contribution in [0.3, 0.4) is 0 Å². The molecule has 0 bridgehead atoms. The molecule has 0 unspecified atom stereocenters. The van der Waals surface area contributed by atoms with Gasteiger partial charge >= 0.3 is 0 Å². The fraction of sp³-hybridized carbons (Fsp3) is 0.500. The lowest BCUT2D eigenvalue weighted by molar-refractivity contribution is 0.0559. The monoisotopic (exact) mass is 430 g/mol. The van der Waals surface area contributed by atoms with Gasteiger partial charge in [-0.25, -0.2) is 0 Å². The highest BCUT2D eigenvalue weighted by atomic mass is 16.7. The van der Waals surface area contributed by atoms with Crippen LogP contribution < -0.4 is 23.7 Å². The summed E-state index contributed by atoms with van der Waals surface area (Å²) in [6, 6.07) is 8.14. The summed E-state index contributed by atoms with van der Waals surface area (Å²) in [5.41, 5.74) is 3.40. The Balaban J connectivity index is 1.93. The first-order valence-electron chi connectivity index (χ1n) is 10.4. The van der Waals surface area contributed by atoms with Crippen molar-refractivity contribution in [2.75, 3.05) is 55.6 Å². The average Bonchev–Trinajstić information content (AvgIpc) is 3.29. The molecule has 168 valence electrons. The molecule has 3 atom stereocenters. The summed E-state index contributed by atoms with van der Waals surface area (Å²) in [6.45, 7) is 1.40. The van der Waals surface area contributed by atoms with Gasteiger partial charge in [0.25, 0.3) is 0 Å². The third kappa shape index (κ3) is 3.77. The fourth-order valence-electron chi connectivity index (χ4n) is 4.97. The SMILES string of the molecule is COC[C@H]1Cc2cc(OC)c3c(c2[C@@H](c2ccc(OC)c(OC)c2)[C@@H]1COC)OCO3. The van der Waals surface area contributed by atoms with Gasteiger partial charge in [0.1, 0.15) is 0 Å². The molecule has 0 N–H and O–H groups in total. The zero-order chi connectivity index (χ0) is 22.0. The van der Waals surface area contributed by atoms with E-state index in [1.165, 1.54) is 5.56 Å². The summed E-state index contributed by atoms with van der Waals surface area (Å²) in [6.07, 6.45) is 0.841. The Labute approximate surface area is 183 Å². The second-order valence-electron chi connectivity index (χ2n) is 7.85. The summed E-state index contributed by atoms with van der Waals surface area (Å²) in [5.74, 6) is 3.94. The number of benzene rings is 2. The quantitative estimate of drug-likeness (QED) is 0.633. The van der Waals surface area contributed by atoms with Crippen molar-refractivity contribution in [1.82, 2.24) is 0 Å². The van der Waals surface area contributed by atoms with Gasteiger partial charge < -0.3 is 33.2 Å². The molecule has 2 aromatic carbocycles. The fourth-order valence-corrected chi connectivity index (χ4v) is 4.97. The summed E-state index contributed by atoms with van der Waals surface area (Å²) in [4.78, 5) is 0. The molecule has 0 radical (unpaired) electrons. The first-order valence-corrected chi connectivity index (χ1v) is 10.4. The zero-order valence-electron chi connectivity index (χ0n) is 18.7. The number of rotatable bonds is 8. The average molecular weight is 430 g/mol. The highest BCUT2D eigenvalue weighted by Crippen LogP contribution is 2.55. The molecule has 31 heavy (non-hydrogen) atoms. The Morgan fingerprint density at radius 2 is 1.52 bits per heavy atom. The van der Waals surface area contributed by atoms with Crippen LogP contribution in [0.1, 0.15) is 22.6 Å². The minimum Gasteiger partial charge on any atom is -0.493 e. The lowest BCUT2D eigenvalue weighted by atomic mass is 9.66. The van der Waals surface area contributed by atoms with E-state index in [1.807, 2.05) is 12.1 Å². The topological polar surface area (TPSA) is 64.6 Å². The molecule has 0 saturated heterocycles. The molecule has 7 heteroatoms. The number of methoxy groups -OCH3 is 5. The van der Waals surface area contributed by atoms with Crippen molar-refractivity contribution in [2.24, 2.45) is 11.8 Å². The van der Waals surface area contributed by atoms with E-state index >= 15 is 0 Å². The van der Waals surface area contributed by atoms with Gasteiger partial charge in [-0.05, 0) is 47.6 Å². The second-order valence-corrected chi connectivity index (χ2v) is 7.85. The Hall–Kier alpha value is -2.64. The van der Waals surface area contributed by atoms with E-state index in [2.05, 4.69) is 12.1 Å². The molecule has 2 aromatic rings. The van der Waals surface area contributed by atoms with Gasteiger partial charge in [-0.1, -0.05) is 6.07 Å². The molecular weight excluding hydrogens is 400 g/mol. The zero-order valence-corrected chi connectivity index (χ0v) is 18.7. The Morgan fingerprint density at radius 1 is 0.806 bits per heavy atom. The van der Waals surface area contributed by atoms with Crippen molar-refractivity contribution in [1.29, 1.82) is 0 Å². The maximum atomic E-state index is 5.98. The molecule has 0 spiro atoms. The van der Waals surface area contributed by atoms with Crippen LogP contribution in [0.4, 0.5) is 0 Å². The Morgan fingerprint density at radius 3 is 2.19 bits per heavy atom. The lowest BCUT2D eigenvalue weighted by Gasteiger charge is -2.40. The van der Waals surface area contributed by atoms with E-state index in [0.29, 0.717) is 36.2 Å². The van der Waals surface area contributed by atoms with E-state index < -0.39 is 0 Å². The number of fused-ring (bicyclic) bond motifs is 3. The predicted molar refractivity (Wildman–Crippen MR) is 115 cm³/mol. The Bertz CT molecular complexity index is 927. The normalized spacial score (nSPS) is 21.5. The molecule has 0 saturated carbocycles. The van der Waals surface area contributed by atoms with Crippen LogP contribution >= 0.6 is 0 Å². The van der Waals surface area contributed by atoms with E-state index in [9.17, 15) is 0 Å². The summed E-state index contributed by atoms with van der Waals surface area (Å²) in [5, 5.41) is 0. The minimum atomic E-state index is 0.00464. The number of hydrogen-bond donors (Lipinski definition) is 0. The molecule has 1 aliphatic carbocycles. The number of hydrogen-bond acceptors (Lipinski definition) is 7. The van der Waals surface area contributed by atoms with Gasteiger partial charge in [0, 0.05) is 32.3 Å². The third-order valence-electron chi connectivity index (χ3n) is 6.29. The third-order valence-corrected chi connectivity index (χ3v) is 6.29. The van der Waals surface area contributed by atoms with Crippen LogP contribution in [-0.4, -0.2) is 55.6 Å². The molecule has 0 amide bonds. The van der Waals surface area contributed by atoms with Crippen molar-refractivity contribution in [2.45, 2.75) is 12.3 Å². The van der Waals surface area contributed by atoms with Gasteiger partial charge in [-0.3, -0.25) is 0 Å². The number of ether oxygens (including phenoxy) is 7. The molecule has 0 fully saturated rings. The molecular formula is C24H30O7. The smallest absolute Gasteiger partial charge is 0.231 e. The largest absolute Gasteiger partial charge is 0.493 e. The van der Waals surface area contributed by atoms with Gasteiger partial charge in [-0.15, -0.1) is 0 Å². The lowest BCUT2D eigenvalue weighted by Crippen LogP contribution is -2.36. The van der Waals surface area contributed by atoms with Crippen molar-refractivity contribution in [3.63, 3.8) is 0 Å². The maximum Gasteiger partial charge on any atom is 0.231 e. The van der Waals surface area contributed by atoms with Crippen LogP contribution in [0.25, 0.3) is 0 Å². The van der Waals surface area contributed by atoms with Crippen molar-refractivity contribution >= 4 is 0 Å². The second kappa shape index (κ2) is 9.24. The van der Waals surface area contributed by atoms with Gasteiger partial charge in [0.2, 0.25) is 12.5 Å². The minimum absolute atomic E-state index is 0.00464.